The Balaban J connectivity index is 1.92. The maximum Gasteiger partial charge on any atom is 0.409 e. The molecule has 1 unspecified atom stereocenters. The molecule has 0 aromatic rings. The predicted molar refractivity (Wildman–Crippen MR) is 52.2 cm³/mol. The molecule has 2 saturated heterocycles. The molecule has 2 heterocycles. The van der Waals surface area contributed by atoms with Crippen molar-refractivity contribution in [3.8, 4) is 0 Å². The summed E-state index contributed by atoms with van der Waals surface area (Å²) in [6.07, 6.45) is -0.199. The summed E-state index contributed by atoms with van der Waals surface area (Å²) in [7, 11) is 1.44. The zero-order valence-corrected chi connectivity index (χ0v) is 8.53. The first-order chi connectivity index (χ1) is 6.81. The number of fused-ring (bicyclic) bond motifs is 1. The second-order valence-corrected chi connectivity index (χ2v) is 3.81. The molecule has 2 aliphatic heterocycles. The molecule has 2 aliphatic rings. The number of nitrogens with one attached hydrogen (secondary N) is 1. The molecule has 0 radical (unpaired) electrons. The SMILES string of the molecule is COC(=O)N1CCN2CCNCC2C1. The van der Waals surface area contributed by atoms with E-state index in [1.165, 1.54) is 7.11 Å². The van der Waals surface area contributed by atoms with Crippen LogP contribution in [-0.4, -0.2) is 68.3 Å². The van der Waals surface area contributed by atoms with Crippen molar-refractivity contribution in [2.24, 2.45) is 0 Å². The number of carbonyl (C=O) groups excluding carboxylic acids is 1. The van der Waals surface area contributed by atoms with E-state index in [4.69, 9.17) is 4.74 Å². The van der Waals surface area contributed by atoms with Gasteiger partial charge in [0.2, 0.25) is 0 Å². The van der Waals surface area contributed by atoms with Gasteiger partial charge in [0.25, 0.3) is 0 Å². The molecule has 2 rings (SSSR count). The van der Waals surface area contributed by atoms with Crippen LogP contribution in [0.1, 0.15) is 0 Å². The topological polar surface area (TPSA) is 44.8 Å². The number of piperazine rings is 2. The molecule has 0 aliphatic carbocycles. The largest absolute Gasteiger partial charge is 0.453 e. The first kappa shape index (κ1) is 9.73. The minimum atomic E-state index is -0.199. The summed E-state index contributed by atoms with van der Waals surface area (Å²) in [5.74, 6) is 0. The Hall–Kier alpha value is -0.810. The third-order valence-corrected chi connectivity index (χ3v) is 2.99. The number of methoxy groups -OCH3 is 1. The molecule has 14 heavy (non-hydrogen) atoms. The molecule has 1 amide bonds. The van der Waals surface area contributed by atoms with Gasteiger partial charge in [-0.25, -0.2) is 4.79 Å². The van der Waals surface area contributed by atoms with Crippen LogP contribution in [0, 0.1) is 0 Å². The standard InChI is InChI=1S/C9H17N3O2/c1-14-9(13)12-5-4-11-3-2-10-6-8(11)7-12/h8,10H,2-7H2,1H3. The number of rotatable bonds is 0. The Morgan fingerprint density at radius 2 is 2.29 bits per heavy atom. The smallest absolute Gasteiger partial charge is 0.409 e. The lowest BCUT2D eigenvalue weighted by atomic mass is 10.1. The van der Waals surface area contributed by atoms with Gasteiger partial charge in [0.05, 0.1) is 7.11 Å². The Bertz CT molecular complexity index is 222. The van der Waals surface area contributed by atoms with Crippen molar-refractivity contribution in [2.75, 3.05) is 46.4 Å². The highest BCUT2D eigenvalue weighted by molar-refractivity contribution is 5.67. The molecular weight excluding hydrogens is 182 g/mol. The molecular formula is C9H17N3O2. The number of hydrogen-bond donors (Lipinski definition) is 1. The molecule has 1 N–H and O–H groups in total. The van der Waals surface area contributed by atoms with Crippen LogP contribution < -0.4 is 5.32 Å². The van der Waals surface area contributed by atoms with Crippen molar-refractivity contribution in [1.82, 2.24) is 15.1 Å². The molecule has 0 aromatic heterocycles. The first-order valence-corrected chi connectivity index (χ1v) is 5.09. The Labute approximate surface area is 84.0 Å². The quantitative estimate of drug-likeness (QED) is 0.562. The van der Waals surface area contributed by atoms with Gasteiger partial charge in [-0.05, 0) is 0 Å². The molecule has 0 saturated carbocycles. The zero-order chi connectivity index (χ0) is 9.97. The summed E-state index contributed by atoms with van der Waals surface area (Å²) in [6.45, 7) is 5.70. The molecule has 0 bridgehead atoms. The fraction of sp³-hybridized carbons (Fsp3) is 0.889. The number of amides is 1. The van der Waals surface area contributed by atoms with Gasteiger partial charge in [-0.15, -0.1) is 0 Å². The van der Waals surface area contributed by atoms with E-state index in [0.29, 0.717) is 6.04 Å². The van der Waals surface area contributed by atoms with Gasteiger partial charge in [-0.3, -0.25) is 4.90 Å². The van der Waals surface area contributed by atoms with E-state index in [-0.39, 0.29) is 6.09 Å². The van der Waals surface area contributed by atoms with E-state index in [0.717, 1.165) is 39.3 Å². The van der Waals surface area contributed by atoms with Crippen LogP contribution in [0.25, 0.3) is 0 Å². The van der Waals surface area contributed by atoms with Crippen LogP contribution in [-0.2, 0) is 4.74 Å². The summed E-state index contributed by atoms with van der Waals surface area (Å²) in [5, 5.41) is 3.34. The van der Waals surface area contributed by atoms with Gasteiger partial charge in [0.15, 0.2) is 0 Å². The van der Waals surface area contributed by atoms with Crippen LogP contribution in [0.5, 0.6) is 0 Å². The van der Waals surface area contributed by atoms with E-state index in [1.807, 2.05) is 0 Å². The Kier molecular flexibility index (Phi) is 2.88. The number of ether oxygens (including phenoxy) is 1. The van der Waals surface area contributed by atoms with Crippen molar-refractivity contribution >= 4 is 6.09 Å². The maximum atomic E-state index is 11.3. The summed E-state index contributed by atoms with van der Waals surface area (Å²) < 4.78 is 4.72. The molecule has 0 aromatic carbocycles. The molecule has 80 valence electrons. The van der Waals surface area contributed by atoms with Gasteiger partial charge in [0, 0.05) is 45.3 Å². The highest BCUT2D eigenvalue weighted by Gasteiger charge is 2.31. The summed E-state index contributed by atoms with van der Waals surface area (Å²) in [4.78, 5) is 15.5. The van der Waals surface area contributed by atoms with Gasteiger partial charge >= 0.3 is 6.09 Å². The monoisotopic (exact) mass is 199 g/mol. The third kappa shape index (κ3) is 1.83. The van der Waals surface area contributed by atoms with Crippen molar-refractivity contribution in [2.45, 2.75) is 6.04 Å². The summed E-state index contributed by atoms with van der Waals surface area (Å²) in [6, 6.07) is 0.469. The van der Waals surface area contributed by atoms with Crippen LogP contribution in [0.2, 0.25) is 0 Å². The lowest BCUT2D eigenvalue weighted by Gasteiger charge is -2.43. The highest BCUT2D eigenvalue weighted by Crippen LogP contribution is 2.11. The van der Waals surface area contributed by atoms with E-state index in [9.17, 15) is 4.79 Å². The van der Waals surface area contributed by atoms with Crippen molar-refractivity contribution in [3.63, 3.8) is 0 Å². The average Bonchev–Trinajstić information content (AvgIpc) is 2.27. The highest BCUT2D eigenvalue weighted by atomic mass is 16.5. The van der Waals surface area contributed by atoms with E-state index < -0.39 is 0 Å². The van der Waals surface area contributed by atoms with Crippen LogP contribution >= 0.6 is 0 Å². The lowest BCUT2D eigenvalue weighted by Crippen LogP contribution is -2.61. The number of hydrogen-bond acceptors (Lipinski definition) is 4. The number of carbonyl (C=O) groups is 1. The van der Waals surface area contributed by atoms with Gasteiger partial charge in [-0.1, -0.05) is 0 Å². The summed E-state index contributed by atoms with van der Waals surface area (Å²) >= 11 is 0. The number of nitrogens with zero attached hydrogens (tertiary/aromatic N) is 2. The van der Waals surface area contributed by atoms with Crippen molar-refractivity contribution in [1.29, 1.82) is 0 Å². The van der Waals surface area contributed by atoms with Gasteiger partial charge in [0.1, 0.15) is 0 Å². The van der Waals surface area contributed by atoms with E-state index in [2.05, 4.69) is 10.2 Å². The van der Waals surface area contributed by atoms with Crippen molar-refractivity contribution < 1.29 is 9.53 Å². The Morgan fingerprint density at radius 1 is 1.43 bits per heavy atom. The van der Waals surface area contributed by atoms with E-state index >= 15 is 0 Å². The van der Waals surface area contributed by atoms with Crippen LogP contribution in [0.3, 0.4) is 0 Å². The predicted octanol–water partition coefficient (Wildman–Crippen LogP) is -0.658. The van der Waals surface area contributed by atoms with Crippen LogP contribution in [0.4, 0.5) is 4.79 Å². The lowest BCUT2D eigenvalue weighted by molar-refractivity contribution is 0.0490. The second-order valence-electron chi connectivity index (χ2n) is 3.81. The van der Waals surface area contributed by atoms with Gasteiger partial charge < -0.3 is 15.0 Å². The van der Waals surface area contributed by atoms with Crippen molar-refractivity contribution in [3.05, 3.63) is 0 Å². The maximum absolute atomic E-state index is 11.3. The Morgan fingerprint density at radius 3 is 3.07 bits per heavy atom. The molecule has 0 spiro atoms. The minimum absolute atomic E-state index is 0.199. The zero-order valence-electron chi connectivity index (χ0n) is 8.53. The minimum Gasteiger partial charge on any atom is -0.453 e. The first-order valence-electron chi connectivity index (χ1n) is 5.09. The fourth-order valence-electron chi connectivity index (χ4n) is 2.17. The fourth-order valence-corrected chi connectivity index (χ4v) is 2.17. The molecule has 1 atom stereocenters. The second kappa shape index (κ2) is 4.14. The third-order valence-electron chi connectivity index (χ3n) is 2.99. The van der Waals surface area contributed by atoms with E-state index in [1.54, 1.807) is 4.90 Å². The molecule has 5 nitrogen and oxygen atoms in total. The summed E-state index contributed by atoms with van der Waals surface area (Å²) in [5.41, 5.74) is 0. The molecule has 2 fully saturated rings. The average molecular weight is 199 g/mol. The normalized spacial score (nSPS) is 28.4. The van der Waals surface area contributed by atoms with Crippen LogP contribution in [0.15, 0.2) is 0 Å². The van der Waals surface area contributed by atoms with Gasteiger partial charge in [-0.2, -0.15) is 0 Å². The molecule has 5 heteroatoms.